The third-order valence-corrected chi connectivity index (χ3v) is 10.1. The van der Waals surface area contributed by atoms with Gasteiger partial charge in [-0.15, -0.1) is 0 Å². The zero-order chi connectivity index (χ0) is 40.8. The van der Waals surface area contributed by atoms with Gasteiger partial charge >= 0.3 is 24.2 Å². The second kappa shape index (κ2) is 17.9. The van der Waals surface area contributed by atoms with E-state index >= 15 is 0 Å². The number of carbonyl (C=O) groups excluding carboxylic acids is 4. The number of aromatic nitrogens is 4. The van der Waals surface area contributed by atoms with E-state index in [2.05, 4.69) is 67.7 Å². The van der Waals surface area contributed by atoms with Crippen molar-refractivity contribution in [1.82, 2.24) is 45.7 Å². The number of methoxy groups -OCH3 is 2. The van der Waals surface area contributed by atoms with Crippen LogP contribution in [0.3, 0.4) is 0 Å². The quantitative estimate of drug-likeness (QED) is 0.326. The Bertz CT molecular complexity index is 1710. The molecule has 0 unspecified atom stereocenters. The molecule has 55 heavy (non-hydrogen) atoms. The highest BCUT2D eigenvalue weighted by Crippen LogP contribution is 2.32. The summed E-state index contributed by atoms with van der Waals surface area (Å²) < 4.78 is 22.1. The summed E-state index contributed by atoms with van der Waals surface area (Å²) in [4.78, 5) is 68.7. The molecule has 4 aliphatic heterocycles. The highest BCUT2D eigenvalue weighted by atomic mass is 79.9. The molecule has 304 valence electrons. The lowest BCUT2D eigenvalue weighted by Gasteiger charge is -2.38. The number of halogens is 3. The highest BCUT2D eigenvalue weighted by Gasteiger charge is 2.47. The monoisotopic (exact) mass is 918 g/mol. The maximum atomic E-state index is 12.5. The molecule has 0 radical (unpaired) electrons. The lowest BCUT2D eigenvalue weighted by Crippen LogP contribution is -2.54. The van der Waals surface area contributed by atoms with Crippen LogP contribution in [0.25, 0.3) is 0 Å². The summed E-state index contributed by atoms with van der Waals surface area (Å²) in [5, 5.41) is 8.96. The van der Waals surface area contributed by atoms with Gasteiger partial charge in [0.15, 0.2) is 0 Å². The fourth-order valence-corrected chi connectivity index (χ4v) is 6.84. The number of piperidine rings is 2. The number of likely N-dealkylation sites (tertiary alicyclic amines) is 2. The first-order valence-electron chi connectivity index (χ1n) is 17.6. The van der Waals surface area contributed by atoms with Crippen LogP contribution in [0.15, 0.2) is 21.3 Å². The molecule has 4 aliphatic rings. The summed E-state index contributed by atoms with van der Waals surface area (Å²) in [6.45, 7) is 14.5. The van der Waals surface area contributed by atoms with Crippen LogP contribution in [0.4, 0.5) is 25.1 Å². The number of hydrogen-bond donors (Lipinski definition) is 3. The molecule has 0 atom stereocenters. The number of rotatable bonds is 3. The fraction of sp³-hybridized carbons (Fsp3) is 0.647. The van der Waals surface area contributed by atoms with Crippen molar-refractivity contribution in [3.63, 3.8) is 0 Å². The van der Waals surface area contributed by atoms with Gasteiger partial charge in [0.25, 0.3) is 0 Å². The summed E-state index contributed by atoms with van der Waals surface area (Å²) in [7, 11) is 3.03. The SMILES string of the molecule is CC(C)(C)OC(=O)N1CCC2(CC1)CNC(=O)N2.COc1nc(Cl)ncc1Br.COc1nc(N2CC3(CCN(C(=O)OC(C)(C)C)CC3)NC2=O)ncc1Br. The predicted octanol–water partition coefficient (Wildman–Crippen LogP) is 5.52. The maximum absolute atomic E-state index is 12.5. The molecule has 3 N–H and O–H groups in total. The number of anilines is 1. The number of urea groups is 2. The van der Waals surface area contributed by atoms with Gasteiger partial charge < -0.3 is 44.7 Å². The van der Waals surface area contributed by atoms with Crippen LogP contribution in [-0.4, -0.2) is 130 Å². The van der Waals surface area contributed by atoms with Crippen molar-refractivity contribution in [1.29, 1.82) is 0 Å². The standard InChI is InChI=1S/C17H24BrN5O4.C12H21N3O3.C5H4BrClN2O/c1-16(2,3)27-15(25)22-7-5-17(6-8-22)10-23(14(24)21-17)13-19-9-11(18)12(20-13)26-4;1-11(2,3)18-10(17)15-6-4-12(5-7-15)8-13-9(16)14-12;1-10-4-3(6)2-8-5(7)9-4/h9H,5-8,10H2,1-4H3,(H,21,24);4-8H2,1-3H3,(H2,13,14,16);2H,1H3. The van der Waals surface area contributed by atoms with E-state index in [-0.39, 0.29) is 35.1 Å². The number of nitrogens with one attached hydrogen (secondary N) is 3. The van der Waals surface area contributed by atoms with Crippen LogP contribution in [0, 0.1) is 0 Å². The highest BCUT2D eigenvalue weighted by molar-refractivity contribution is 9.10. The second-order valence-corrected chi connectivity index (χ2v) is 17.4. The fourth-order valence-electron chi connectivity index (χ4n) is 6.01. The first kappa shape index (κ1) is 43.8. The Morgan fingerprint density at radius 3 is 1.67 bits per heavy atom. The van der Waals surface area contributed by atoms with Crippen LogP contribution < -0.4 is 30.3 Å². The summed E-state index contributed by atoms with van der Waals surface area (Å²) in [6.07, 6.45) is 5.33. The average molecular weight is 921 g/mol. The topological polar surface area (TPSA) is 203 Å². The van der Waals surface area contributed by atoms with Gasteiger partial charge in [0.1, 0.15) is 11.2 Å². The molecule has 4 fully saturated rings. The molecule has 2 aromatic rings. The zero-order valence-corrected chi connectivity index (χ0v) is 36.2. The molecule has 18 nitrogen and oxygen atoms in total. The van der Waals surface area contributed by atoms with E-state index in [9.17, 15) is 19.2 Å². The van der Waals surface area contributed by atoms with Crippen molar-refractivity contribution >= 4 is 73.7 Å². The van der Waals surface area contributed by atoms with Crippen LogP contribution in [-0.2, 0) is 9.47 Å². The summed E-state index contributed by atoms with van der Waals surface area (Å²) in [5.74, 6) is 1.10. The van der Waals surface area contributed by atoms with Crippen LogP contribution in [0.5, 0.6) is 11.8 Å². The van der Waals surface area contributed by atoms with Crippen LogP contribution in [0.2, 0.25) is 5.28 Å². The van der Waals surface area contributed by atoms with E-state index in [1.807, 2.05) is 41.5 Å². The molecule has 6 amide bonds. The molecule has 6 heterocycles. The number of hydrogen-bond acceptors (Lipinski definition) is 12. The third kappa shape index (κ3) is 12.3. The molecule has 21 heteroatoms. The predicted molar refractivity (Wildman–Crippen MR) is 210 cm³/mol. The average Bonchev–Trinajstić information content (AvgIpc) is 3.63. The van der Waals surface area contributed by atoms with Crippen LogP contribution in [0.1, 0.15) is 67.2 Å². The molecule has 2 aromatic heterocycles. The largest absolute Gasteiger partial charge is 0.480 e. The van der Waals surface area contributed by atoms with Gasteiger partial charge in [0.05, 0.1) is 47.0 Å². The Labute approximate surface area is 342 Å². The number of nitrogens with zero attached hydrogens (tertiary/aromatic N) is 7. The lowest BCUT2D eigenvalue weighted by atomic mass is 9.88. The van der Waals surface area contributed by atoms with E-state index in [0.29, 0.717) is 78.8 Å². The van der Waals surface area contributed by atoms with Gasteiger partial charge in [-0.25, -0.2) is 29.1 Å². The van der Waals surface area contributed by atoms with Gasteiger partial charge in [-0.1, -0.05) is 0 Å². The van der Waals surface area contributed by atoms with E-state index in [0.717, 1.165) is 12.8 Å². The first-order chi connectivity index (χ1) is 25.7. The number of carbonyl (C=O) groups is 4. The number of amides is 6. The normalized spacial score (nSPS) is 18.6. The second-order valence-electron chi connectivity index (χ2n) is 15.3. The molecule has 0 saturated carbocycles. The molecule has 4 saturated heterocycles. The van der Waals surface area contributed by atoms with Gasteiger partial charge in [-0.05, 0) is 111 Å². The van der Waals surface area contributed by atoms with Crippen molar-refractivity contribution in [2.24, 2.45) is 0 Å². The minimum Gasteiger partial charge on any atom is -0.480 e. The van der Waals surface area contributed by atoms with Crippen molar-refractivity contribution in [2.75, 3.05) is 58.4 Å². The molecule has 0 aliphatic carbocycles. The lowest BCUT2D eigenvalue weighted by molar-refractivity contribution is 0.0155. The maximum Gasteiger partial charge on any atom is 0.410 e. The van der Waals surface area contributed by atoms with Crippen molar-refractivity contribution < 1.29 is 38.1 Å². The Morgan fingerprint density at radius 2 is 1.24 bits per heavy atom. The zero-order valence-electron chi connectivity index (χ0n) is 32.3. The molecular formula is C34H49Br2ClN10O8. The first-order valence-corrected chi connectivity index (χ1v) is 19.5. The molecule has 0 aromatic carbocycles. The van der Waals surface area contributed by atoms with Crippen molar-refractivity contribution in [3.8, 4) is 11.8 Å². The van der Waals surface area contributed by atoms with E-state index in [1.54, 1.807) is 16.0 Å². The molecule has 0 bridgehead atoms. The minimum absolute atomic E-state index is 0.110. The minimum atomic E-state index is -0.525. The third-order valence-electron chi connectivity index (χ3n) is 8.80. The van der Waals surface area contributed by atoms with Gasteiger partial charge in [0, 0.05) is 38.9 Å². The summed E-state index contributed by atoms with van der Waals surface area (Å²) in [6, 6.07) is -0.356. The van der Waals surface area contributed by atoms with E-state index < -0.39 is 16.7 Å². The Hall–Kier alpha value is -3.91. The smallest absolute Gasteiger partial charge is 0.410 e. The molecule has 2 spiro atoms. The van der Waals surface area contributed by atoms with Crippen molar-refractivity contribution in [3.05, 3.63) is 26.6 Å². The Balaban J connectivity index is 0.000000205. The molecule has 6 rings (SSSR count). The summed E-state index contributed by atoms with van der Waals surface area (Å²) >= 11 is 12.0. The molecular weight excluding hydrogens is 872 g/mol. The van der Waals surface area contributed by atoms with Crippen LogP contribution >= 0.6 is 43.5 Å². The van der Waals surface area contributed by atoms with Gasteiger partial charge in [-0.2, -0.15) is 9.97 Å². The van der Waals surface area contributed by atoms with E-state index in [4.69, 9.17) is 30.5 Å². The van der Waals surface area contributed by atoms with Gasteiger partial charge in [0.2, 0.25) is 23.0 Å². The number of ether oxygens (including phenoxy) is 4. The Morgan fingerprint density at radius 1 is 0.764 bits per heavy atom. The van der Waals surface area contributed by atoms with Crippen molar-refractivity contribution in [2.45, 2.75) is 89.5 Å². The van der Waals surface area contributed by atoms with Gasteiger partial charge in [-0.3, -0.25) is 4.90 Å². The Kier molecular flexibility index (Phi) is 14.3. The van der Waals surface area contributed by atoms with E-state index in [1.165, 1.54) is 25.3 Å². The summed E-state index contributed by atoms with van der Waals surface area (Å²) in [5.41, 5.74) is -1.56.